The number of aryl methyl sites for hydroxylation is 1. The van der Waals surface area contributed by atoms with Crippen molar-refractivity contribution >= 4 is 11.9 Å². The first kappa shape index (κ1) is 14.9. The molecule has 2 heterocycles. The van der Waals surface area contributed by atoms with Crippen LogP contribution < -0.4 is 5.32 Å². The van der Waals surface area contributed by atoms with Crippen molar-refractivity contribution in [2.45, 2.75) is 24.9 Å². The summed E-state index contributed by atoms with van der Waals surface area (Å²) in [5, 5.41) is 6.94. The smallest absolute Gasteiger partial charge is 0.320 e. The van der Waals surface area contributed by atoms with E-state index in [2.05, 4.69) is 10.4 Å². The van der Waals surface area contributed by atoms with Crippen LogP contribution in [0.25, 0.3) is 0 Å². The van der Waals surface area contributed by atoms with Crippen molar-refractivity contribution in [2.75, 3.05) is 0 Å². The number of halogens is 1. The fourth-order valence-electron chi connectivity index (χ4n) is 3.25. The van der Waals surface area contributed by atoms with Gasteiger partial charge in [-0.3, -0.25) is 14.4 Å². The van der Waals surface area contributed by atoms with Crippen LogP contribution in [0.1, 0.15) is 36.2 Å². The Kier molecular flexibility index (Phi) is 3.37. The molecule has 7 heteroatoms. The molecular formula is C17H17FN4O2. The third-order valence-corrected chi connectivity index (χ3v) is 4.56. The molecule has 24 heavy (non-hydrogen) atoms. The first-order chi connectivity index (χ1) is 11.5. The highest BCUT2D eigenvalue weighted by Crippen LogP contribution is 2.46. The third-order valence-electron chi connectivity index (χ3n) is 4.56. The minimum absolute atomic E-state index is 0.229. The van der Waals surface area contributed by atoms with Crippen molar-refractivity contribution in [3.8, 4) is 0 Å². The molecule has 1 aliphatic heterocycles. The van der Waals surface area contributed by atoms with E-state index < -0.39 is 12.1 Å². The minimum atomic E-state index is -0.764. The molecule has 1 saturated carbocycles. The maximum absolute atomic E-state index is 13.2. The molecule has 124 valence electrons. The summed E-state index contributed by atoms with van der Waals surface area (Å²) in [4.78, 5) is 26.6. The second-order valence-electron chi connectivity index (χ2n) is 6.34. The predicted octanol–water partition coefficient (Wildman–Crippen LogP) is 2.30. The van der Waals surface area contributed by atoms with Crippen LogP contribution >= 0.6 is 0 Å². The maximum atomic E-state index is 13.2. The number of amides is 3. The molecule has 2 aliphatic rings. The van der Waals surface area contributed by atoms with E-state index in [9.17, 15) is 14.0 Å². The Labute approximate surface area is 138 Å². The number of hydrogen-bond acceptors (Lipinski definition) is 3. The van der Waals surface area contributed by atoms with Crippen LogP contribution in [0.5, 0.6) is 0 Å². The van der Waals surface area contributed by atoms with E-state index in [4.69, 9.17) is 0 Å². The molecule has 2 atom stereocenters. The highest BCUT2D eigenvalue weighted by Gasteiger charge is 2.48. The molecule has 1 saturated heterocycles. The Morgan fingerprint density at radius 3 is 2.50 bits per heavy atom. The van der Waals surface area contributed by atoms with Crippen LogP contribution in [-0.2, 0) is 11.8 Å². The number of aromatic nitrogens is 2. The van der Waals surface area contributed by atoms with Crippen LogP contribution in [0.2, 0.25) is 0 Å². The van der Waals surface area contributed by atoms with Crippen molar-refractivity contribution in [1.29, 1.82) is 0 Å². The molecule has 2 aromatic rings. The maximum Gasteiger partial charge on any atom is 0.325 e. The Balaban J connectivity index is 1.67. The van der Waals surface area contributed by atoms with Gasteiger partial charge in [0.2, 0.25) is 0 Å². The monoisotopic (exact) mass is 328 g/mol. The summed E-state index contributed by atoms with van der Waals surface area (Å²) in [7, 11) is 1.76. The van der Waals surface area contributed by atoms with E-state index in [0.717, 1.165) is 18.4 Å². The second-order valence-corrected chi connectivity index (χ2v) is 6.34. The van der Waals surface area contributed by atoms with Gasteiger partial charge in [-0.15, -0.1) is 0 Å². The standard InChI is InChI=1S/C17H17FN4O2/c1-21-9-8-13(20-21)14-16(23)22(17(24)19-14)15(10-2-3-10)11-4-6-12(18)7-5-11/h4-10,14-15H,2-3H2,1H3,(H,19,24)/t14-,15-/m0/s1. The van der Waals surface area contributed by atoms with Gasteiger partial charge in [0.25, 0.3) is 5.91 Å². The number of carbonyl (C=O) groups is 2. The molecule has 0 spiro atoms. The van der Waals surface area contributed by atoms with E-state index in [1.54, 1.807) is 36.1 Å². The number of carbonyl (C=O) groups excluding carboxylic acids is 2. The lowest BCUT2D eigenvalue weighted by atomic mass is 10.0. The van der Waals surface area contributed by atoms with Gasteiger partial charge in [-0.25, -0.2) is 9.18 Å². The van der Waals surface area contributed by atoms with Gasteiger partial charge in [0.05, 0.1) is 11.7 Å². The molecule has 2 fully saturated rings. The largest absolute Gasteiger partial charge is 0.325 e. The summed E-state index contributed by atoms with van der Waals surface area (Å²) in [6.07, 6.45) is 3.64. The van der Waals surface area contributed by atoms with Gasteiger partial charge in [-0.2, -0.15) is 5.10 Å². The highest BCUT2D eigenvalue weighted by molar-refractivity contribution is 6.04. The lowest BCUT2D eigenvalue weighted by Gasteiger charge is -2.25. The van der Waals surface area contributed by atoms with Gasteiger partial charge in [0.15, 0.2) is 6.04 Å². The number of imide groups is 1. The molecule has 0 radical (unpaired) electrons. The topological polar surface area (TPSA) is 67.2 Å². The zero-order valence-electron chi connectivity index (χ0n) is 13.1. The van der Waals surface area contributed by atoms with Crippen LogP contribution in [0, 0.1) is 11.7 Å². The van der Waals surface area contributed by atoms with Gasteiger partial charge in [0.1, 0.15) is 5.82 Å². The Bertz CT molecular complexity index is 797. The molecular weight excluding hydrogens is 311 g/mol. The highest BCUT2D eigenvalue weighted by atomic mass is 19.1. The molecule has 1 aliphatic carbocycles. The Morgan fingerprint density at radius 1 is 1.21 bits per heavy atom. The number of nitrogens with zero attached hydrogens (tertiary/aromatic N) is 3. The van der Waals surface area contributed by atoms with Crippen molar-refractivity contribution in [3.05, 3.63) is 53.6 Å². The van der Waals surface area contributed by atoms with Crippen LogP contribution in [0.15, 0.2) is 36.5 Å². The normalized spacial score (nSPS) is 21.9. The summed E-state index contributed by atoms with van der Waals surface area (Å²) in [5.41, 5.74) is 1.30. The molecule has 1 aromatic carbocycles. The number of hydrogen-bond donors (Lipinski definition) is 1. The zero-order chi connectivity index (χ0) is 16.8. The zero-order valence-corrected chi connectivity index (χ0v) is 13.1. The van der Waals surface area contributed by atoms with Crippen molar-refractivity contribution in [2.24, 2.45) is 13.0 Å². The summed E-state index contributed by atoms with van der Waals surface area (Å²) < 4.78 is 14.8. The number of nitrogens with one attached hydrogen (secondary N) is 1. The third kappa shape index (κ3) is 2.46. The van der Waals surface area contributed by atoms with E-state index in [0.29, 0.717) is 5.69 Å². The van der Waals surface area contributed by atoms with Crippen molar-refractivity contribution in [1.82, 2.24) is 20.0 Å². The van der Waals surface area contributed by atoms with Gasteiger partial charge in [-0.05, 0) is 42.5 Å². The van der Waals surface area contributed by atoms with Crippen LogP contribution in [0.3, 0.4) is 0 Å². The first-order valence-electron chi connectivity index (χ1n) is 7.93. The van der Waals surface area contributed by atoms with Gasteiger partial charge in [-0.1, -0.05) is 12.1 Å². The fraction of sp³-hybridized carbons (Fsp3) is 0.353. The van der Waals surface area contributed by atoms with Crippen LogP contribution in [0.4, 0.5) is 9.18 Å². The van der Waals surface area contributed by atoms with Crippen LogP contribution in [-0.4, -0.2) is 26.6 Å². The quantitative estimate of drug-likeness (QED) is 0.876. The Morgan fingerprint density at radius 2 is 1.92 bits per heavy atom. The van der Waals surface area contributed by atoms with Crippen molar-refractivity contribution in [3.63, 3.8) is 0 Å². The molecule has 0 bridgehead atoms. The molecule has 4 rings (SSSR count). The van der Waals surface area contributed by atoms with Gasteiger partial charge in [0, 0.05) is 13.2 Å². The van der Waals surface area contributed by atoms with Gasteiger partial charge < -0.3 is 5.32 Å². The predicted molar refractivity (Wildman–Crippen MR) is 83.2 cm³/mol. The fourth-order valence-corrected chi connectivity index (χ4v) is 3.25. The summed E-state index contributed by atoms with van der Waals surface area (Å²) in [6, 6.07) is 6.19. The van der Waals surface area contributed by atoms with E-state index in [-0.39, 0.29) is 23.7 Å². The summed E-state index contributed by atoms with van der Waals surface area (Å²) in [6.45, 7) is 0. The molecule has 0 unspecified atom stereocenters. The van der Waals surface area contributed by atoms with E-state index in [1.807, 2.05) is 0 Å². The molecule has 6 nitrogen and oxygen atoms in total. The molecule has 3 amide bonds. The summed E-state index contributed by atoms with van der Waals surface area (Å²) in [5.74, 6) is -0.413. The first-order valence-corrected chi connectivity index (χ1v) is 7.93. The number of urea groups is 1. The van der Waals surface area contributed by atoms with Crippen molar-refractivity contribution < 1.29 is 14.0 Å². The Hall–Kier alpha value is -2.70. The molecule has 1 aromatic heterocycles. The van der Waals surface area contributed by atoms with Gasteiger partial charge >= 0.3 is 6.03 Å². The average Bonchev–Trinajstić information content (AvgIpc) is 3.24. The number of rotatable bonds is 4. The minimum Gasteiger partial charge on any atom is -0.320 e. The lowest BCUT2D eigenvalue weighted by Crippen LogP contribution is -2.36. The number of benzene rings is 1. The summed E-state index contributed by atoms with van der Waals surface area (Å²) >= 11 is 0. The SMILES string of the molecule is Cn1ccc([C@@H]2NC(=O)N([C@H](c3ccc(F)cc3)C3CC3)C2=O)n1. The van der Waals surface area contributed by atoms with E-state index in [1.165, 1.54) is 17.0 Å². The second kappa shape index (κ2) is 5.43. The van der Waals surface area contributed by atoms with E-state index >= 15 is 0 Å². The molecule has 1 N–H and O–H groups in total. The lowest BCUT2D eigenvalue weighted by molar-refractivity contribution is -0.129. The average molecular weight is 328 g/mol.